The Bertz CT molecular complexity index is 691. The fraction of sp³-hybridized carbons (Fsp3) is 0.133. The summed E-state index contributed by atoms with van der Waals surface area (Å²) in [4.78, 5) is 7.95. The van der Waals surface area contributed by atoms with E-state index < -0.39 is 0 Å². The fourth-order valence-electron chi connectivity index (χ4n) is 2.25. The zero-order chi connectivity index (χ0) is 13.2. The predicted octanol–water partition coefficient (Wildman–Crippen LogP) is 3.53. The van der Waals surface area contributed by atoms with Crippen LogP contribution in [0.15, 0.2) is 48.5 Å². The van der Waals surface area contributed by atoms with Crippen LogP contribution >= 0.6 is 11.6 Å². The highest BCUT2D eigenvalue weighted by molar-refractivity contribution is 6.31. The zero-order valence-corrected chi connectivity index (χ0v) is 11.3. The maximum absolute atomic E-state index is 5.99. The van der Waals surface area contributed by atoms with Gasteiger partial charge in [-0.15, -0.1) is 0 Å². The third kappa shape index (κ3) is 2.35. The minimum atomic E-state index is 0.0485. The molecule has 0 aliphatic heterocycles. The molecule has 19 heavy (non-hydrogen) atoms. The summed E-state index contributed by atoms with van der Waals surface area (Å²) in [5, 5.41) is 3.99. The number of hydrogen-bond donors (Lipinski definition) is 2. The van der Waals surface area contributed by atoms with Crippen molar-refractivity contribution in [3.05, 3.63) is 64.9 Å². The van der Waals surface area contributed by atoms with Gasteiger partial charge in [0.05, 0.1) is 17.1 Å². The highest BCUT2D eigenvalue weighted by Gasteiger charge is 2.15. The second kappa shape index (κ2) is 5.03. The fourth-order valence-corrected chi connectivity index (χ4v) is 2.42. The molecule has 1 heterocycles. The number of imidazole rings is 1. The summed E-state index contributed by atoms with van der Waals surface area (Å²) in [7, 11) is 1.93. The third-order valence-corrected chi connectivity index (χ3v) is 3.39. The van der Waals surface area contributed by atoms with Gasteiger partial charge in [-0.05, 0) is 30.8 Å². The average molecular weight is 272 g/mol. The van der Waals surface area contributed by atoms with Crippen molar-refractivity contribution in [1.29, 1.82) is 0 Å². The second-order valence-electron chi connectivity index (χ2n) is 4.42. The number of benzene rings is 2. The Morgan fingerprint density at radius 1 is 1.16 bits per heavy atom. The van der Waals surface area contributed by atoms with Crippen molar-refractivity contribution in [1.82, 2.24) is 15.3 Å². The van der Waals surface area contributed by atoms with E-state index in [1.807, 2.05) is 43.4 Å². The van der Waals surface area contributed by atoms with E-state index in [-0.39, 0.29) is 6.04 Å². The van der Waals surface area contributed by atoms with E-state index in [1.165, 1.54) is 5.56 Å². The Morgan fingerprint density at radius 2 is 1.95 bits per heavy atom. The van der Waals surface area contributed by atoms with Crippen LogP contribution in [-0.2, 0) is 0 Å². The van der Waals surface area contributed by atoms with Crippen molar-refractivity contribution in [3.63, 3.8) is 0 Å². The lowest BCUT2D eigenvalue weighted by Gasteiger charge is -2.13. The SMILES string of the molecule is CNC(c1ccccc1)c1nc2ccc(Cl)cc2[nH]1. The Balaban J connectivity index is 2.07. The standard InChI is InChI=1S/C15H14ClN3/c1-17-14(10-5-3-2-4-6-10)15-18-12-8-7-11(16)9-13(12)19-15/h2-9,14,17H,1H3,(H,18,19). The monoisotopic (exact) mass is 271 g/mol. The van der Waals surface area contributed by atoms with Gasteiger partial charge in [0.1, 0.15) is 5.82 Å². The molecule has 1 unspecified atom stereocenters. The van der Waals surface area contributed by atoms with Crippen molar-refractivity contribution in [2.75, 3.05) is 7.05 Å². The summed E-state index contributed by atoms with van der Waals surface area (Å²) in [6, 6.07) is 16.0. The Hall–Kier alpha value is -1.84. The van der Waals surface area contributed by atoms with Gasteiger partial charge in [0.2, 0.25) is 0 Å². The molecule has 3 rings (SSSR count). The smallest absolute Gasteiger partial charge is 0.129 e. The van der Waals surface area contributed by atoms with Gasteiger partial charge in [0.15, 0.2) is 0 Å². The third-order valence-electron chi connectivity index (χ3n) is 3.16. The lowest BCUT2D eigenvalue weighted by atomic mass is 10.1. The van der Waals surface area contributed by atoms with Gasteiger partial charge >= 0.3 is 0 Å². The number of H-pyrrole nitrogens is 1. The summed E-state index contributed by atoms with van der Waals surface area (Å²) >= 11 is 5.99. The quantitative estimate of drug-likeness (QED) is 0.765. The Labute approximate surface area is 116 Å². The molecule has 96 valence electrons. The van der Waals surface area contributed by atoms with Crippen molar-refractivity contribution in [2.45, 2.75) is 6.04 Å². The van der Waals surface area contributed by atoms with Gasteiger partial charge in [-0.1, -0.05) is 41.9 Å². The molecule has 1 aromatic heterocycles. The molecule has 0 aliphatic rings. The highest BCUT2D eigenvalue weighted by Crippen LogP contribution is 2.23. The normalized spacial score (nSPS) is 12.7. The van der Waals surface area contributed by atoms with Gasteiger partial charge in [-0.2, -0.15) is 0 Å². The van der Waals surface area contributed by atoms with Crippen LogP contribution in [0.5, 0.6) is 0 Å². The summed E-state index contributed by atoms with van der Waals surface area (Å²) in [6.07, 6.45) is 0. The van der Waals surface area contributed by atoms with Crippen LogP contribution in [0.4, 0.5) is 0 Å². The van der Waals surface area contributed by atoms with Crippen LogP contribution in [0.3, 0.4) is 0 Å². The maximum atomic E-state index is 5.99. The van der Waals surface area contributed by atoms with Crippen LogP contribution in [0.1, 0.15) is 17.4 Å². The van der Waals surface area contributed by atoms with Gasteiger partial charge in [0.25, 0.3) is 0 Å². The van der Waals surface area contributed by atoms with Crippen LogP contribution in [-0.4, -0.2) is 17.0 Å². The Kier molecular flexibility index (Phi) is 3.23. The first-order valence-electron chi connectivity index (χ1n) is 6.15. The molecule has 0 amide bonds. The summed E-state index contributed by atoms with van der Waals surface area (Å²) < 4.78 is 0. The first-order chi connectivity index (χ1) is 9.28. The molecule has 2 aromatic carbocycles. The summed E-state index contributed by atoms with van der Waals surface area (Å²) in [5.41, 5.74) is 3.06. The average Bonchev–Trinajstić information content (AvgIpc) is 2.83. The number of nitrogens with one attached hydrogen (secondary N) is 2. The Morgan fingerprint density at radius 3 is 2.68 bits per heavy atom. The molecule has 1 atom stereocenters. The summed E-state index contributed by atoms with van der Waals surface area (Å²) in [5.74, 6) is 0.894. The molecule has 0 spiro atoms. The van der Waals surface area contributed by atoms with Crippen molar-refractivity contribution >= 4 is 22.6 Å². The van der Waals surface area contributed by atoms with E-state index >= 15 is 0 Å². The number of nitrogens with zero attached hydrogens (tertiary/aromatic N) is 1. The number of aromatic amines is 1. The second-order valence-corrected chi connectivity index (χ2v) is 4.85. The molecule has 0 bridgehead atoms. The molecular weight excluding hydrogens is 258 g/mol. The van der Waals surface area contributed by atoms with Gasteiger partial charge in [-0.3, -0.25) is 0 Å². The van der Waals surface area contributed by atoms with Crippen LogP contribution in [0, 0.1) is 0 Å². The molecule has 4 heteroatoms. The van der Waals surface area contributed by atoms with E-state index in [0.29, 0.717) is 5.02 Å². The van der Waals surface area contributed by atoms with E-state index in [0.717, 1.165) is 16.9 Å². The molecule has 3 aromatic rings. The van der Waals surface area contributed by atoms with E-state index in [2.05, 4.69) is 27.4 Å². The molecule has 0 aliphatic carbocycles. The first-order valence-corrected chi connectivity index (χ1v) is 6.53. The number of fused-ring (bicyclic) bond motifs is 1. The number of rotatable bonds is 3. The topological polar surface area (TPSA) is 40.7 Å². The van der Waals surface area contributed by atoms with Gasteiger partial charge in [0, 0.05) is 5.02 Å². The summed E-state index contributed by atoms with van der Waals surface area (Å²) in [6.45, 7) is 0. The highest BCUT2D eigenvalue weighted by atomic mass is 35.5. The van der Waals surface area contributed by atoms with Crippen molar-refractivity contribution in [3.8, 4) is 0 Å². The van der Waals surface area contributed by atoms with E-state index in [9.17, 15) is 0 Å². The van der Waals surface area contributed by atoms with Crippen molar-refractivity contribution < 1.29 is 0 Å². The largest absolute Gasteiger partial charge is 0.340 e. The zero-order valence-electron chi connectivity index (χ0n) is 10.5. The molecule has 0 fully saturated rings. The minimum Gasteiger partial charge on any atom is -0.340 e. The molecule has 0 saturated heterocycles. The molecule has 2 N–H and O–H groups in total. The lowest BCUT2D eigenvalue weighted by Crippen LogP contribution is -2.18. The maximum Gasteiger partial charge on any atom is 0.129 e. The van der Waals surface area contributed by atoms with Crippen molar-refractivity contribution in [2.24, 2.45) is 0 Å². The number of hydrogen-bond acceptors (Lipinski definition) is 2. The molecule has 3 nitrogen and oxygen atoms in total. The van der Waals surface area contributed by atoms with Gasteiger partial charge in [-0.25, -0.2) is 4.98 Å². The van der Waals surface area contributed by atoms with Gasteiger partial charge < -0.3 is 10.3 Å². The molecular formula is C15H14ClN3. The number of aromatic nitrogens is 2. The lowest BCUT2D eigenvalue weighted by molar-refractivity contribution is 0.657. The minimum absolute atomic E-state index is 0.0485. The van der Waals surface area contributed by atoms with E-state index in [1.54, 1.807) is 0 Å². The van der Waals surface area contributed by atoms with E-state index in [4.69, 9.17) is 11.6 Å². The predicted molar refractivity (Wildman–Crippen MR) is 78.4 cm³/mol. The molecule has 0 saturated carbocycles. The first kappa shape index (κ1) is 12.2. The van der Waals surface area contributed by atoms with Crippen LogP contribution in [0.25, 0.3) is 11.0 Å². The molecule has 0 radical (unpaired) electrons. The van der Waals surface area contributed by atoms with Crippen LogP contribution in [0.2, 0.25) is 5.02 Å². The van der Waals surface area contributed by atoms with Crippen LogP contribution < -0.4 is 5.32 Å². The number of halogens is 1.